The topological polar surface area (TPSA) is 93.4 Å². The van der Waals surface area contributed by atoms with E-state index in [1.807, 2.05) is 0 Å². The van der Waals surface area contributed by atoms with Crippen molar-refractivity contribution < 1.29 is 9.53 Å². The van der Waals surface area contributed by atoms with Gasteiger partial charge in [-0.3, -0.25) is 4.79 Å². The summed E-state index contributed by atoms with van der Waals surface area (Å²) in [7, 11) is 3.27. The van der Waals surface area contributed by atoms with Gasteiger partial charge in [-0.1, -0.05) is 11.6 Å². The molecule has 0 aliphatic rings. The molecule has 0 fully saturated rings. The fraction of sp³-hybridized carbons (Fsp3) is 0.500. The van der Waals surface area contributed by atoms with E-state index in [2.05, 4.69) is 15.3 Å². The van der Waals surface area contributed by atoms with Crippen LogP contribution in [-0.4, -0.2) is 49.7 Å². The number of halogens is 1. The van der Waals surface area contributed by atoms with E-state index in [-0.39, 0.29) is 23.3 Å². The van der Waals surface area contributed by atoms with Gasteiger partial charge in [0.05, 0.1) is 13.2 Å². The fourth-order valence-corrected chi connectivity index (χ4v) is 1.44. The van der Waals surface area contributed by atoms with Crippen LogP contribution >= 0.6 is 11.6 Å². The Morgan fingerprint density at radius 2 is 2.33 bits per heavy atom. The summed E-state index contributed by atoms with van der Waals surface area (Å²) in [5, 5.41) is 2.87. The molecule has 0 bridgehead atoms. The molecule has 0 aliphatic carbocycles. The van der Waals surface area contributed by atoms with Crippen LogP contribution in [0, 0.1) is 0 Å². The average molecular weight is 274 g/mol. The molecule has 1 heterocycles. The van der Waals surface area contributed by atoms with Crippen molar-refractivity contribution in [3.05, 3.63) is 11.5 Å². The minimum atomic E-state index is -0.149. The summed E-state index contributed by atoms with van der Waals surface area (Å²) in [5.74, 6) is 0.278. The second-order valence-corrected chi connectivity index (χ2v) is 3.96. The Bertz CT molecular complexity index is 415. The Balaban J connectivity index is 2.57. The maximum Gasteiger partial charge on any atom is 0.239 e. The van der Waals surface area contributed by atoms with Crippen molar-refractivity contribution >= 4 is 29.0 Å². The quantitative estimate of drug-likeness (QED) is 0.556. The first-order chi connectivity index (χ1) is 8.56. The lowest BCUT2D eigenvalue weighted by Gasteiger charge is -2.19. The van der Waals surface area contributed by atoms with Crippen LogP contribution < -0.4 is 16.0 Å². The van der Waals surface area contributed by atoms with Gasteiger partial charge >= 0.3 is 0 Å². The third-order valence-electron chi connectivity index (χ3n) is 2.18. The van der Waals surface area contributed by atoms with Gasteiger partial charge in [0.25, 0.3) is 0 Å². The predicted molar refractivity (Wildman–Crippen MR) is 69.6 cm³/mol. The van der Waals surface area contributed by atoms with Gasteiger partial charge < -0.3 is 20.7 Å². The highest BCUT2D eigenvalue weighted by Gasteiger charge is 2.13. The fourth-order valence-electron chi connectivity index (χ4n) is 1.31. The maximum atomic E-state index is 11.6. The highest BCUT2D eigenvalue weighted by molar-refractivity contribution is 6.32. The minimum absolute atomic E-state index is 0.126. The molecule has 0 radical (unpaired) electrons. The summed E-state index contributed by atoms with van der Waals surface area (Å²) in [6.07, 6.45) is 1.30. The number of carbonyl (C=O) groups excluding carboxylic acids is 1. The van der Waals surface area contributed by atoms with Crippen LogP contribution in [0.4, 0.5) is 11.5 Å². The number of aromatic nitrogens is 2. The summed E-state index contributed by atoms with van der Waals surface area (Å²) < 4.78 is 4.83. The van der Waals surface area contributed by atoms with E-state index in [1.54, 1.807) is 19.1 Å². The number of carbonyl (C=O) groups is 1. The number of nitrogens with one attached hydrogen (secondary N) is 1. The van der Waals surface area contributed by atoms with E-state index in [0.717, 1.165) is 0 Å². The lowest BCUT2D eigenvalue weighted by atomic mass is 10.4. The summed E-state index contributed by atoms with van der Waals surface area (Å²) >= 11 is 5.78. The number of likely N-dealkylation sites (N-methyl/N-ethyl adjacent to an activating group) is 1. The van der Waals surface area contributed by atoms with Crippen molar-refractivity contribution in [1.82, 2.24) is 15.3 Å². The molecule has 0 unspecified atom stereocenters. The Hall–Kier alpha value is -1.60. The Morgan fingerprint density at radius 1 is 1.61 bits per heavy atom. The van der Waals surface area contributed by atoms with E-state index >= 15 is 0 Å². The Morgan fingerprint density at radius 3 is 3.00 bits per heavy atom. The minimum Gasteiger partial charge on any atom is -0.393 e. The first-order valence-corrected chi connectivity index (χ1v) is 5.66. The molecule has 1 aromatic heterocycles. The molecule has 3 N–H and O–H groups in total. The van der Waals surface area contributed by atoms with E-state index < -0.39 is 0 Å². The van der Waals surface area contributed by atoms with Gasteiger partial charge in [0, 0.05) is 20.7 Å². The molecular weight excluding hydrogens is 258 g/mol. The highest BCUT2D eigenvalue weighted by atomic mass is 35.5. The van der Waals surface area contributed by atoms with Crippen molar-refractivity contribution in [2.45, 2.75) is 0 Å². The zero-order chi connectivity index (χ0) is 13.5. The van der Waals surface area contributed by atoms with Crippen molar-refractivity contribution in [3.8, 4) is 0 Å². The monoisotopic (exact) mass is 273 g/mol. The first kappa shape index (κ1) is 14.5. The van der Waals surface area contributed by atoms with E-state index in [9.17, 15) is 4.79 Å². The van der Waals surface area contributed by atoms with E-state index in [4.69, 9.17) is 22.1 Å². The van der Waals surface area contributed by atoms with Crippen LogP contribution in [0.25, 0.3) is 0 Å². The highest BCUT2D eigenvalue weighted by Crippen LogP contribution is 2.24. The van der Waals surface area contributed by atoms with Crippen LogP contribution in [0.5, 0.6) is 0 Å². The van der Waals surface area contributed by atoms with Crippen molar-refractivity contribution in [2.24, 2.45) is 0 Å². The zero-order valence-corrected chi connectivity index (χ0v) is 11.1. The summed E-state index contributed by atoms with van der Waals surface area (Å²) in [6, 6.07) is 0. The van der Waals surface area contributed by atoms with Gasteiger partial charge in [0.1, 0.15) is 12.0 Å². The molecule has 18 heavy (non-hydrogen) atoms. The van der Waals surface area contributed by atoms with Gasteiger partial charge in [0.2, 0.25) is 5.91 Å². The number of rotatable bonds is 6. The number of nitrogens with two attached hydrogens (primary N) is 1. The number of amides is 1. The van der Waals surface area contributed by atoms with Crippen molar-refractivity contribution in [1.29, 1.82) is 0 Å². The standard InChI is InChI=1S/C10H16ClN5O2/c1-16(5-7(17)13-3-4-18-2)10-8(12)9(11)14-6-15-10/h6H,3-5,12H2,1-2H3,(H,13,17). The lowest BCUT2D eigenvalue weighted by Crippen LogP contribution is -2.37. The molecule has 1 aromatic rings. The molecule has 7 nitrogen and oxygen atoms in total. The second-order valence-electron chi connectivity index (χ2n) is 3.60. The first-order valence-electron chi connectivity index (χ1n) is 5.29. The lowest BCUT2D eigenvalue weighted by molar-refractivity contribution is -0.119. The van der Waals surface area contributed by atoms with Gasteiger partial charge in [-0.2, -0.15) is 0 Å². The van der Waals surface area contributed by atoms with E-state index in [0.29, 0.717) is 19.0 Å². The molecule has 0 aliphatic heterocycles. The van der Waals surface area contributed by atoms with Crippen LogP contribution in [0.3, 0.4) is 0 Å². The number of hydrogen-bond donors (Lipinski definition) is 2. The molecule has 0 spiro atoms. The van der Waals surface area contributed by atoms with E-state index in [1.165, 1.54) is 6.33 Å². The van der Waals surface area contributed by atoms with Crippen molar-refractivity contribution in [3.63, 3.8) is 0 Å². The predicted octanol–water partition coefficient (Wildman–Crippen LogP) is -0.0890. The second kappa shape index (κ2) is 6.97. The normalized spacial score (nSPS) is 10.2. The SMILES string of the molecule is COCCNC(=O)CN(C)c1ncnc(Cl)c1N. The van der Waals surface area contributed by atoms with Crippen LogP contribution in [-0.2, 0) is 9.53 Å². The maximum absolute atomic E-state index is 11.6. The molecular formula is C10H16ClN5O2. The summed E-state index contributed by atoms with van der Waals surface area (Å²) in [4.78, 5) is 20.9. The average Bonchev–Trinajstić information content (AvgIpc) is 2.32. The van der Waals surface area contributed by atoms with Crippen molar-refractivity contribution in [2.75, 3.05) is 44.5 Å². The number of methoxy groups -OCH3 is 1. The molecule has 0 atom stereocenters. The molecule has 0 saturated heterocycles. The molecule has 0 saturated carbocycles. The molecule has 100 valence electrons. The van der Waals surface area contributed by atoms with Gasteiger partial charge in [-0.15, -0.1) is 0 Å². The van der Waals surface area contributed by atoms with Gasteiger partial charge in [-0.25, -0.2) is 9.97 Å². The van der Waals surface area contributed by atoms with Crippen LogP contribution in [0.15, 0.2) is 6.33 Å². The smallest absolute Gasteiger partial charge is 0.239 e. The van der Waals surface area contributed by atoms with Gasteiger partial charge in [0.15, 0.2) is 11.0 Å². The molecule has 8 heteroatoms. The summed E-state index contributed by atoms with van der Waals surface area (Å²) in [5.41, 5.74) is 5.99. The Labute approximate surface area is 110 Å². The number of nitrogens with zero attached hydrogens (tertiary/aromatic N) is 3. The number of nitrogen functional groups attached to an aromatic ring is 1. The summed E-state index contributed by atoms with van der Waals surface area (Å²) in [6.45, 7) is 1.06. The number of ether oxygens (including phenoxy) is 1. The van der Waals surface area contributed by atoms with Crippen LogP contribution in [0.2, 0.25) is 5.15 Å². The molecule has 1 amide bonds. The zero-order valence-electron chi connectivity index (χ0n) is 10.3. The largest absolute Gasteiger partial charge is 0.393 e. The number of hydrogen-bond acceptors (Lipinski definition) is 6. The Kier molecular flexibility index (Phi) is 5.60. The van der Waals surface area contributed by atoms with Gasteiger partial charge in [-0.05, 0) is 0 Å². The number of anilines is 2. The van der Waals surface area contributed by atoms with Crippen LogP contribution in [0.1, 0.15) is 0 Å². The third kappa shape index (κ3) is 4.01. The molecule has 1 rings (SSSR count). The third-order valence-corrected chi connectivity index (χ3v) is 2.49. The molecule has 0 aromatic carbocycles.